The van der Waals surface area contributed by atoms with Gasteiger partial charge >= 0.3 is 5.97 Å². The summed E-state index contributed by atoms with van der Waals surface area (Å²) >= 11 is 5.18. The Bertz CT molecular complexity index is 382. The van der Waals surface area contributed by atoms with Crippen molar-refractivity contribution in [1.82, 2.24) is 0 Å². The molecule has 1 N–H and O–H groups in total. The standard InChI is InChI=1S/C9H6BrIO4/c10-6-1-5(3-12)2-7(11)9(6)15-4-8(13)14/h1-3H,4H2,(H,13,14). The molecule has 4 nitrogen and oxygen atoms in total. The van der Waals surface area contributed by atoms with Gasteiger partial charge in [0.2, 0.25) is 0 Å². The van der Waals surface area contributed by atoms with E-state index in [1.807, 2.05) is 22.6 Å². The lowest BCUT2D eigenvalue weighted by Gasteiger charge is -2.08. The van der Waals surface area contributed by atoms with E-state index in [-0.39, 0.29) is 0 Å². The van der Waals surface area contributed by atoms with Crippen molar-refractivity contribution in [2.45, 2.75) is 0 Å². The van der Waals surface area contributed by atoms with E-state index in [2.05, 4.69) is 15.9 Å². The second-order valence-electron chi connectivity index (χ2n) is 2.61. The van der Waals surface area contributed by atoms with Gasteiger partial charge in [-0.2, -0.15) is 0 Å². The number of ether oxygens (including phenoxy) is 1. The smallest absolute Gasteiger partial charge is 0.341 e. The molecule has 0 amide bonds. The van der Waals surface area contributed by atoms with Crippen LogP contribution in [0.1, 0.15) is 10.4 Å². The van der Waals surface area contributed by atoms with Crippen LogP contribution in [0.4, 0.5) is 0 Å². The first-order chi connectivity index (χ1) is 7.04. The molecule has 0 saturated carbocycles. The summed E-state index contributed by atoms with van der Waals surface area (Å²) in [5, 5.41) is 8.46. The molecule has 1 aromatic carbocycles. The van der Waals surface area contributed by atoms with Crippen molar-refractivity contribution < 1.29 is 19.4 Å². The number of aliphatic carboxylic acids is 1. The van der Waals surface area contributed by atoms with Gasteiger partial charge < -0.3 is 9.84 Å². The zero-order valence-corrected chi connectivity index (χ0v) is 11.1. The summed E-state index contributed by atoms with van der Waals surface area (Å²) in [6.07, 6.45) is 0.716. The Hall–Kier alpha value is -0.630. The molecule has 0 fully saturated rings. The maximum atomic E-state index is 10.5. The van der Waals surface area contributed by atoms with Crippen molar-refractivity contribution in [3.63, 3.8) is 0 Å². The normalized spacial score (nSPS) is 9.73. The lowest BCUT2D eigenvalue weighted by molar-refractivity contribution is -0.139. The van der Waals surface area contributed by atoms with Crippen molar-refractivity contribution in [3.05, 3.63) is 25.7 Å². The third kappa shape index (κ3) is 3.45. The third-order valence-corrected chi connectivity index (χ3v) is 2.89. The van der Waals surface area contributed by atoms with Crippen molar-refractivity contribution in [2.75, 3.05) is 6.61 Å². The monoisotopic (exact) mass is 384 g/mol. The molecule has 1 rings (SSSR count). The van der Waals surface area contributed by atoms with Crippen LogP contribution in [0.15, 0.2) is 16.6 Å². The van der Waals surface area contributed by atoms with E-state index < -0.39 is 12.6 Å². The van der Waals surface area contributed by atoms with Gasteiger partial charge in [-0.15, -0.1) is 0 Å². The van der Waals surface area contributed by atoms with Gasteiger partial charge in [0.1, 0.15) is 12.0 Å². The van der Waals surface area contributed by atoms with Gasteiger partial charge in [0.15, 0.2) is 6.61 Å². The lowest BCUT2D eigenvalue weighted by Crippen LogP contribution is -2.10. The third-order valence-electron chi connectivity index (χ3n) is 1.50. The highest BCUT2D eigenvalue weighted by Crippen LogP contribution is 2.31. The Morgan fingerprint density at radius 1 is 1.60 bits per heavy atom. The number of carboxylic acid groups (broad SMARTS) is 1. The van der Waals surface area contributed by atoms with Crippen LogP contribution in [-0.4, -0.2) is 24.0 Å². The predicted octanol–water partition coefficient (Wildman–Crippen LogP) is 2.33. The summed E-state index contributed by atoms with van der Waals surface area (Å²) in [4.78, 5) is 20.8. The number of carbonyl (C=O) groups is 2. The van der Waals surface area contributed by atoms with Crippen molar-refractivity contribution in [2.24, 2.45) is 0 Å². The van der Waals surface area contributed by atoms with Crippen LogP contribution in [0.25, 0.3) is 0 Å². The predicted molar refractivity (Wildman–Crippen MR) is 65.4 cm³/mol. The maximum absolute atomic E-state index is 10.5. The van der Waals surface area contributed by atoms with Crippen LogP contribution in [0.3, 0.4) is 0 Å². The molecule has 0 aliphatic carbocycles. The van der Waals surface area contributed by atoms with E-state index in [1.165, 1.54) is 0 Å². The molecule has 0 aromatic heterocycles. The number of halogens is 2. The molecule has 0 radical (unpaired) electrons. The number of hydrogen-bond acceptors (Lipinski definition) is 3. The molecule has 0 saturated heterocycles. The fourth-order valence-corrected chi connectivity index (χ4v) is 2.69. The topological polar surface area (TPSA) is 63.6 Å². The Balaban J connectivity index is 2.97. The van der Waals surface area contributed by atoms with Gasteiger partial charge in [-0.1, -0.05) is 0 Å². The summed E-state index contributed by atoms with van der Waals surface area (Å²) < 4.78 is 6.31. The zero-order chi connectivity index (χ0) is 11.4. The van der Waals surface area contributed by atoms with E-state index in [0.29, 0.717) is 25.6 Å². The van der Waals surface area contributed by atoms with Gasteiger partial charge in [0.05, 0.1) is 8.04 Å². The molecule has 80 valence electrons. The number of carboxylic acids is 1. The van der Waals surface area contributed by atoms with E-state index in [0.717, 1.165) is 0 Å². The van der Waals surface area contributed by atoms with E-state index >= 15 is 0 Å². The second-order valence-corrected chi connectivity index (χ2v) is 4.63. The molecule has 6 heteroatoms. The molecular weight excluding hydrogens is 379 g/mol. The van der Waals surface area contributed by atoms with E-state index in [1.54, 1.807) is 12.1 Å². The first kappa shape index (κ1) is 12.4. The van der Waals surface area contributed by atoms with Crippen molar-refractivity contribution in [1.29, 1.82) is 0 Å². The number of hydrogen-bond donors (Lipinski definition) is 1. The van der Waals surface area contributed by atoms with E-state index in [9.17, 15) is 9.59 Å². The molecule has 0 aliphatic heterocycles. The first-order valence-corrected chi connectivity index (χ1v) is 5.70. The fraction of sp³-hybridized carbons (Fsp3) is 0.111. The van der Waals surface area contributed by atoms with Gasteiger partial charge in [-0.3, -0.25) is 4.79 Å². The van der Waals surface area contributed by atoms with Crippen molar-refractivity contribution >= 4 is 50.8 Å². The fourth-order valence-electron chi connectivity index (χ4n) is 0.919. The number of benzene rings is 1. The largest absolute Gasteiger partial charge is 0.480 e. The second kappa shape index (κ2) is 5.45. The molecule has 0 aliphatic rings. The lowest BCUT2D eigenvalue weighted by atomic mass is 10.2. The molecule has 0 atom stereocenters. The Kier molecular flexibility index (Phi) is 4.52. The summed E-state index contributed by atoms with van der Waals surface area (Å²) in [6, 6.07) is 3.20. The van der Waals surface area contributed by atoms with Crippen LogP contribution in [0.2, 0.25) is 0 Å². The minimum absolute atomic E-state index is 0.408. The Labute approximate surface area is 108 Å². The van der Waals surface area contributed by atoms with Crippen LogP contribution in [0, 0.1) is 3.57 Å². The highest BCUT2D eigenvalue weighted by atomic mass is 127. The summed E-state index contributed by atoms with van der Waals surface area (Å²) in [6.45, 7) is -0.408. The minimum atomic E-state index is -1.04. The minimum Gasteiger partial charge on any atom is -0.480 e. The quantitative estimate of drug-likeness (QED) is 0.639. The summed E-state index contributed by atoms with van der Waals surface area (Å²) in [7, 11) is 0. The average molecular weight is 385 g/mol. The highest BCUT2D eigenvalue weighted by Gasteiger charge is 2.10. The highest BCUT2D eigenvalue weighted by molar-refractivity contribution is 14.1. The van der Waals surface area contributed by atoms with Gasteiger partial charge in [-0.25, -0.2) is 4.79 Å². The first-order valence-electron chi connectivity index (χ1n) is 3.83. The van der Waals surface area contributed by atoms with Crippen LogP contribution < -0.4 is 4.74 Å². The summed E-state index contributed by atoms with van der Waals surface area (Å²) in [5.74, 6) is -0.610. The van der Waals surface area contributed by atoms with Crippen LogP contribution >= 0.6 is 38.5 Å². The number of rotatable bonds is 4. The number of carbonyl (C=O) groups excluding carboxylic acids is 1. The van der Waals surface area contributed by atoms with Crippen molar-refractivity contribution in [3.8, 4) is 5.75 Å². The Morgan fingerprint density at radius 2 is 2.27 bits per heavy atom. The van der Waals surface area contributed by atoms with Gasteiger partial charge in [0.25, 0.3) is 0 Å². The average Bonchev–Trinajstić information content (AvgIpc) is 2.15. The zero-order valence-electron chi connectivity index (χ0n) is 7.37. The molecule has 0 heterocycles. The SMILES string of the molecule is O=Cc1cc(Br)c(OCC(=O)O)c(I)c1. The molecule has 0 unspecified atom stereocenters. The van der Waals surface area contributed by atoms with Gasteiger partial charge in [-0.05, 0) is 50.7 Å². The molecule has 1 aromatic rings. The van der Waals surface area contributed by atoms with E-state index in [4.69, 9.17) is 9.84 Å². The number of aldehydes is 1. The molecule has 15 heavy (non-hydrogen) atoms. The van der Waals surface area contributed by atoms with Gasteiger partial charge in [0, 0.05) is 5.56 Å². The summed E-state index contributed by atoms with van der Waals surface area (Å²) in [5.41, 5.74) is 0.508. The molecular formula is C9H6BrIO4. The van der Waals surface area contributed by atoms with Crippen LogP contribution in [0.5, 0.6) is 5.75 Å². The molecule has 0 spiro atoms. The van der Waals surface area contributed by atoms with Crippen LogP contribution in [-0.2, 0) is 4.79 Å². The molecule has 0 bridgehead atoms. The maximum Gasteiger partial charge on any atom is 0.341 e. The Morgan fingerprint density at radius 3 is 2.73 bits per heavy atom.